The molecule has 8 nitrogen and oxygen atoms in total. The Balaban J connectivity index is 1.26. The zero-order valence-corrected chi connectivity index (χ0v) is 19.5. The Bertz CT molecular complexity index is 1400. The number of nitrogens with one attached hydrogen (secondary N) is 1. The summed E-state index contributed by atoms with van der Waals surface area (Å²) in [7, 11) is 0. The van der Waals surface area contributed by atoms with E-state index in [1.807, 2.05) is 0 Å². The highest BCUT2D eigenvalue weighted by atomic mass is 19.4. The predicted octanol–water partition coefficient (Wildman–Crippen LogP) is 5.26. The first-order chi connectivity index (χ1) is 17.9. The van der Waals surface area contributed by atoms with Crippen molar-refractivity contribution in [2.45, 2.75) is 37.6 Å². The third-order valence-corrected chi connectivity index (χ3v) is 6.93. The molecule has 0 bridgehead atoms. The molecule has 0 radical (unpaired) electrons. The summed E-state index contributed by atoms with van der Waals surface area (Å²) in [5.41, 5.74) is -0.133. The van der Waals surface area contributed by atoms with Crippen LogP contribution in [0, 0.1) is 5.92 Å². The maximum Gasteiger partial charge on any atom is 0.422 e. The molecule has 0 saturated heterocycles. The average molecular weight is 512 g/mol. The molecule has 2 N–H and O–H groups in total. The third-order valence-electron chi connectivity index (χ3n) is 6.93. The lowest BCUT2D eigenvalue weighted by molar-refractivity contribution is -0.136. The highest BCUT2D eigenvalue weighted by Gasteiger charge is 2.43. The maximum atomic E-state index is 14.0. The molecule has 2 aromatic heterocycles. The number of benzene rings is 2. The lowest BCUT2D eigenvalue weighted by Crippen LogP contribution is -2.45. The standard InChI is InChI=1S/C26H23F3N4O4/c27-26(28,29)20-21(15-7-2-1-3-8-15)32-36-23(20)25-31-24(33-37-25)16-9-10-17-19(11-16)35-13-18(22(17)34)30-12-14-5-4-6-14/h1-3,7-11,14,18,22,30,34H,4-6,12-13H2/t18-,22+/m1/s1. The first kappa shape index (κ1) is 23.7. The largest absolute Gasteiger partial charge is 0.491 e. The van der Waals surface area contributed by atoms with Gasteiger partial charge in [-0.2, -0.15) is 18.2 Å². The summed E-state index contributed by atoms with van der Waals surface area (Å²) in [6.45, 7) is 1.13. The van der Waals surface area contributed by atoms with Crippen molar-refractivity contribution in [3.05, 3.63) is 59.7 Å². The zero-order chi connectivity index (χ0) is 25.6. The molecule has 6 rings (SSSR count). The smallest absolute Gasteiger partial charge is 0.422 e. The van der Waals surface area contributed by atoms with Crippen molar-refractivity contribution in [3.8, 4) is 40.0 Å². The Morgan fingerprint density at radius 3 is 2.54 bits per heavy atom. The molecule has 0 spiro atoms. The highest BCUT2D eigenvalue weighted by Crippen LogP contribution is 2.43. The summed E-state index contributed by atoms with van der Waals surface area (Å²) >= 11 is 0. The second kappa shape index (κ2) is 9.31. The molecule has 4 aromatic rings. The molecule has 192 valence electrons. The Labute approximate surface area is 209 Å². The van der Waals surface area contributed by atoms with Gasteiger partial charge in [-0.05, 0) is 31.4 Å². The van der Waals surface area contributed by atoms with Gasteiger partial charge >= 0.3 is 6.18 Å². The minimum atomic E-state index is -4.77. The molecule has 1 aliphatic heterocycles. The Hall–Kier alpha value is -3.70. The average Bonchev–Trinajstić information content (AvgIpc) is 3.52. The lowest BCUT2D eigenvalue weighted by atomic mass is 9.85. The second-order valence-electron chi connectivity index (χ2n) is 9.34. The number of halogens is 3. The van der Waals surface area contributed by atoms with Gasteiger partial charge in [0.2, 0.25) is 11.6 Å². The number of rotatable bonds is 6. The van der Waals surface area contributed by atoms with Crippen molar-refractivity contribution < 1.29 is 32.1 Å². The molecule has 1 fully saturated rings. The fourth-order valence-corrected chi connectivity index (χ4v) is 4.64. The Morgan fingerprint density at radius 2 is 1.81 bits per heavy atom. The highest BCUT2D eigenvalue weighted by molar-refractivity contribution is 5.71. The van der Waals surface area contributed by atoms with Crippen molar-refractivity contribution in [2.24, 2.45) is 5.92 Å². The van der Waals surface area contributed by atoms with Gasteiger partial charge in [-0.1, -0.05) is 59.2 Å². The van der Waals surface area contributed by atoms with Crippen LogP contribution in [0.4, 0.5) is 13.2 Å². The molecule has 1 saturated carbocycles. The van der Waals surface area contributed by atoms with Crippen LogP contribution in [0.3, 0.4) is 0 Å². The molecular weight excluding hydrogens is 489 g/mol. The quantitative estimate of drug-likeness (QED) is 0.360. The van der Waals surface area contributed by atoms with E-state index in [1.165, 1.54) is 31.4 Å². The molecule has 2 atom stereocenters. The molecule has 2 aromatic carbocycles. The Kier molecular flexibility index (Phi) is 5.96. The van der Waals surface area contributed by atoms with E-state index in [0.29, 0.717) is 22.8 Å². The van der Waals surface area contributed by atoms with Gasteiger partial charge in [0.1, 0.15) is 29.7 Å². The van der Waals surface area contributed by atoms with E-state index in [0.717, 1.165) is 6.54 Å². The molecule has 2 aliphatic rings. The number of alkyl halides is 3. The monoisotopic (exact) mass is 512 g/mol. The number of aromatic nitrogens is 3. The van der Waals surface area contributed by atoms with Gasteiger partial charge in [0.25, 0.3) is 5.89 Å². The fraction of sp³-hybridized carbons (Fsp3) is 0.346. The number of ether oxygens (including phenoxy) is 1. The summed E-state index contributed by atoms with van der Waals surface area (Å²) in [4.78, 5) is 4.14. The number of nitrogens with zero attached hydrogens (tertiary/aromatic N) is 3. The number of hydrogen-bond donors (Lipinski definition) is 2. The van der Waals surface area contributed by atoms with E-state index in [-0.39, 0.29) is 29.7 Å². The first-order valence-corrected chi connectivity index (χ1v) is 12.0. The number of hydrogen-bond acceptors (Lipinski definition) is 8. The lowest BCUT2D eigenvalue weighted by Gasteiger charge is -2.34. The normalized spacial score (nSPS) is 19.8. The summed E-state index contributed by atoms with van der Waals surface area (Å²) < 4.78 is 58.0. The van der Waals surface area contributed by atoms with Crippen molar-refractivity contribution in [1.29, 1.82) is 0 Å². The van der Waals surface area contributed by atoms with Crippen LogP contribution in [0.15, 0.2) is 57.6 Å². The van der Waals surface area contributed by atoms with Crippen LogP contribution in [0.25, 0.3) is 34.3 Å². The predicted molar refractivity (Wildman–Crippen MR) is 125 cm³/mol. The van der Waals surface area contributed by atoms with E-state index in [4.69, 9.17) is 13.8 Å². The van der Waals surface area contributed by atoms with Gasteiger partial charge in [-0.25, -0.2) is 0 Å². The molecule has 11 heteroatoms. The van der Waals surface area contributed by atoms with Gasteiger partial charge in [0, 0.05) is 16.7 Å². The van der Waals surface area contributed by atoms with Crippen LogP contribution in [0.5, 0.6) is 5.75 Å². The van der Waals surface area contributed by atoms with Crippen molar-refractivity contribution >= 4 is 0 Å². The second-order valence-corrected chi connectivity index (χ2v) is 9.34. The summed E-state index contributed by atoms with van der Waals surface area (Å²) in [6.07, 6.45) is -1.86. The molecule has 1 aliphatic carbocycles. The molecule has 0 amide bonds. The number of fused-ring (bicyclic) bond motifs is 1. The fourth-order valence-electron chi connectivity index (χ4n) is 4.64. The summed E-state index contributed by atoms with van der Waals surface area (Å²) in [5.74, 6) is 0.0485. The summed E-state index contributed by atoms with van der Waals surface area (Å²) in [5, 5.41) is 21.7. The molecular formula is C26H23F3N4O4. The maximum absolute atomic E-state index is 14.0. The van der Waals surface area contributed by atoms with E-state index < -0.39 is 29.5 Å². The number of aliphatic hydroxyl groups is 1. The van der Waals surface area contributed by atoms with Gasteiger partial charge in [-0.15, -0.1) is 0 Å². The zero-order valence-electron chi connectivity index (χ0n) is 19.5. The van der Waals surface area contributed by atoms with E-state index in [2.05, 4.69) is 20.6 Å². The van der Waals surface area contributed by atoms with Crippen LogP contribution >= 0.6 is 0 Å². The van der Waals surface area contributed by atoms with Crippen LogP contribution in [0.2, 0.25) is 0 Å². The topological polar surface area (TPSA) is 106 Å². The van der Waals surface area contributed by atoms with Crippen LogP contribution in [-0.4, -0.2) is 39.6 Å². The third kappa shape index (κ3) is 4.49. The van der Waals surface area contributed by atoms with Crippen molar-refractivity contribution in [1.82, 2.24) is 20.6 Å². The molecule has 0 unspecified atom stereocenters. The minimum Gasteiger partial charge on any atom is -0.491 e. The Morgan fingerprint density at radius 1 is 1.00 bits per heavy atom. The number of aliphatic hydroxyl groups excluding tert-OH is 1. The van der Waals surface area contributed by atoms with Gasteiger partial charge < -0.3 is 24.2 Å². The summed E-state index contributed by atoms with van der Waals surface area (Å²) in [6, 6.07) is 12.7. The van der Waals surface area contributed by atoms with Gasteiger partial charge in [-0.3, -0.25) is 0 Å². The van der Waals surface area contributed by atoms with Gasteiger partial charge in [0.15, 0.2) is 0 Å². The van der Waals surface area contributed by atoms with E-state index in [9.17, 15) is 18.3 Å². The minimum absolute atomic E-state index is 0.0481. The molecule has 37 heavy (non-hydrogen) atoms. The van der Waals surface area contributed by atoms with E-state index >= 15 is 0 Å². The SMILES string of the molecule is O[C@H]1c2ccc(-c3noc(-c4onc(-c5ccccc5)c4C(F)(F)F)n3)cc2OC[C@H]1NCC1CCC1. The van der Waals surface area contributed by atoms with E-state index in [1.54, 1.807) is 36.4 Å². The van der Waals surface area contributed by atoms with Crippen molar-refractivity contribution in [3.63, 3.8) is 0 Å². The first-order valence-electron chi connectivity index (χ1n) is 12.0. The van der Waals surface area contributed by atoms with Crippen LogP contribution < -0.4 is 10.1 Å². The molecule has 3 heterocycles. The van der Waals surface area contributed by atoms with Gasteiger partial charge in [0.05, 0.1) is 6.04 Å². The van der Waals surface area contributed by atoms with Crippen LogP contribution in [0.1, 0.15) is 36.5 Å². The van der Waals surface area contributed by atoms with Crippen molar-refractivity contribution in [2.75, 3.05) is 13.2 Å². The van der Waals surface area contributed by atoms with Crippen LogP contribution in [-0.2, 0) is 6.18 Å².